The Kier molecular flexibility index (Phi) is 6.19. The summed E-state index contributed by atoms with van der Waals surface area (Å²) in [7, 11) is 0. The van der Waals surface area contributed by atoms with Gasteiger partial charge < -0.3 is 5.73 Å². The molecule has 2 N–H and O–H groups in total. The summed E-state index contributed by atoms with van der Waals surface area (Å²) in [6.07, 6.45) is 2.02. The topological polar surface area (TPSA) is 26.0 Å². The lowest BCUT2D eigenvalue weighted by Gasteiger charge is -2.06. The predicted octanol–water partition coefficient (Wildman–Crippen LogP) is 5.65. The average Bonchev–Trinajstić information content (AvgIpc) is 2.47. The highest BCUT2D eigenvalue weighted by Gasteiger charge is 2.03. The molecule has 2 aromatic carbocycles. The highest BCUT2D eigenvalue weighted by Crippen LogP contribution is 2.29. The Labute approximate surface area is 140 Å². The molecule has 0 radical (unpaired) electrons. The number of halogens is 2. The molecule has 0 aliphatic carbocycles. The van der Waals surface area contributed by atoms with E-state index in [0.717, 1.165) is 11.3 Å². The molecule has 0 aliphatic heterocycles. The first-order chi connectivity index (χ1) is 10.1. The Morgan fingerprint density at radius 3 is 2.48 bits per heavy atom. The maximum Gasteiger partial charge on any atom is 0.0461 e. The molecule has 0 aliphatic rings. The van der Waals surface area contributed by atoms with Crippen molar-refractivity contribution in [3.63, 3.8) is 0 Å². The smallest absolute Gasteiger partial charge is 0.0461 e. The van der Waals surface area contributed by atoms with E-state index in [-0.39, 0.29) is 0 Å². The van der Waals surface area contributed by atoms with Gasteiger partial charge in [0, 0.05) is 27.2 Å². The summed E-state index contributed by atoms with van der Waals surface area (Å²) in [4.78, 5) is 1.21. The lowest BCUT2D eigenvalue weighted by molar-refractivity contribution is 1.25. The summed E-state index contributed by atoms with van der Waals surface area (Å²) < 4.78 is 0. The van der Waals surface area contributed by atoms with Crippen molar-refractivity contribution < 1.29 is 0 Å². The SMILES string of the molecule is CC(=CCN)c1ccc(SCc2ccc(Cl)cc2Cl)cc1. The second-order valence-electron chi connectivity index (χ2n) is 4.67. The third-order valence-corrected chi connectivity index (χ3v) is 4.79. The number of thioether (sulfide) groups is 1. The predicted molar refractivity (Wildman–Crippen MR) is 95.2 cm³/mol. The quantitative estimate of drug-likeness (QED) is 0.713. The van der Waals surface area contributed by atoms with E-state index in [1.807, 2.05) is 18.2 Å². The summed E-state index contributed by atoms with van der Waals surface area (Å²) in [5.74, 6) is 0.826. The molecule has 0 unspecified atom stereocenters. The first kappa shape index (κ1) is 16.4. The second kappa shape index (κ2) is 7.90. The fraction of sp³-hybridized carbons (Fsp3) is 0.176. The van der Waals surface area contributed by atoms with Gasteiger partial charge in [0.15, 0.2) is 0 Å². The van der Waals surface area contributed by atoms with Crippen LogP contribution in [0.1, 0.15) is 18.1 Å². The molecular weight excluding hydrogens is 321 g/mol. The zero-order valence-corrected chi connectivity index (χ0v) is 14.1. The summed E-state index contributed by atoms with van der Waals surface area (Å²) >= 11 is 13.8. The number of nitrogens with two attached hydrogens (primary N) is 1. The molecule has 110 valence electrons. The molecule has 0 fully saturated rings. The van der Waals surface area contributed by atoms with E-state index >= 15 is 0 Å². The lowest BCUT2D eigenvalue weighted by Crippen LogP contribution is -1.94. The van der Waals surface area contributed by atoms with Gasteiger partial charge in [0.25, 0.3) is 0 Å². The summed E-state index contributed by atoms with van der Waals surface area (Å²) in [6, 6.07) is 14.1. The van der Waals surface area contributed by atoms with Crippen molar-refractivity contribution in [3.05, 3.63) is 69.7 Å². The van der Waals surface area contributed by atoms with Gasteiger partial charge in [-0.15, -0.1) is 11.8 Å². The van der Waals surface area contributed by atoms with Gasteiger partial charge in [-0.2, -0.15) is 0 Å². The van der Waals surface area contributed by atoms with Crippen molar-refractivity contribution in [2.75, 3.05) is 6.54 Å². The number of rotatable bonds is 5. The Bertz CT molecular complexity index is 636. The first-order valence-electron chi connectivity index (χ1n) is 6.64. The minimum atomic E-state index is 0.567. The van der Waals surface area contributed by atoms with Crippen LogP contribution in [0, 0.1) is 0 Å². The number of hydrogen-bond donors (Lipinski definition) is 1. The van der Waals surface area contributed by atoms with Gasteiger partial charge in [-0.3, -0.25) is 0 Å². The van der Waals surface area contributed by atoms with Crippen LogP contribution < -0.4 is 5.73 Å². The Balaban J connectivity index is 2.02. The lowest BCUT2D eigenvalue weighted by atomic mass is 10.1. The van der Waals surface area contributed by atoms with Crippen molar-refractivity contribution in [1.29, 1.82) is 0 Å². The number of benzene rings is 2. The third kappa shape index (κ3) is 4.79. The highest BCUT2D eigenvalue weighted by molar-refractivity contribution is 7.98. The third-order valence-electron chi connectivity index (χ3n) is 3.14. The van der Waals surface area contributed by atoms with E-state index in [2.05, 4.69) is 31.2 Å². The molecule has 4 heteroatoms. The molecule has 1 nitrogen and oxygen atoms in total. The molecule has 21 heavy (non-hydrogen) atoms. The number of allylic oxidation sites excluding steroid dienone is 1. The molecule has 2 rings (SSSR count). The monoisotopic (exact) mass is 337 g/mol. The Morgan fingerprint density at radius 1 is 1.14 bits per heavy atom. The summed E-state index contributed by atoms with van der Waals surface area (Å²) in [6.45, 7) is 2.64. The molecular formula is C17H17Cl2NS. The van der Waals surface area contributed by atoms with Gasteiger partial charge in [0.05, 0.1) is 0 Å². The molecule has 0 aromatic heterocycles. The molecule has 0 bridgehead atoms. The van der Waals surface area contributed by atoms with Crippen LogP contribution >= 0.6 is 35.0 Å². The van der Waals surface area contributed by atoms with Gasteiger partial charge in [0.1, 0.15) is 0 Å². The van der Waals surface area contributed by atoms with E-state index in [1.54, 1.807) is 17.8 Å². The van der Waals surface area contributed by atoms with Crippen LogP contribution in [0.15, 0.2) is 53.4 Å². The van der Waals surface area contributed by atoms with E-state index in [9.17, 15) is 0 Å². The highest BCUT2D eigenvalue weighted by atomic mass is 35.5. The van der Waals surface area contributed by atoms with Gasteiger partial charge >= 0.3 is 0 Å². The van der Waals surface area contributed by atoms with Gasteiger partial charge in [-0.25, -0.2) is 0 Å². The molecule has 0 saturated heterocycles. The van der Waals surface area contributed by atoms with E-state index < -0.39 is 0 Å². The van der Waals surface area contributed by atoms with Crippen molar-refractivity contribution >= 4 is 40.5 Å². The largest absolute Gasteiger partial charge is 0.327 e. The Morgan fingerprint density at radius 2 is 1.86 bits per heavy atom. The minimum Gasteiger partial charge on any atom is -0.327 e. The van der Waals surface area contributed by atoms with Crippen LogP contribution in [-0.4, -0.2) is 6.54 Å². The fourth-order valence-corrected chi connectivity index (χ4v) is 3.37. The van der Waals surface area contributed by atoms with E-state index in [1.165, 1.54) is 16.0 Å². The van der Waals surface area contributed by atoms with Crippen molar-refractivity contribution in [1.82, 2.24) is 0 Å². The average molecular weight is 338 g/mol. The zero-order chi connectivity index (χ0) is 15.2. The van der Waals surface area contributed by atoms with Gasteiger partial charge in [-0.05, 0) is 47.9 Å². The molecule has 0 heterocycles. The van der Waals surface area contributed by atoms with Crippen LogP contribution in [0.3, 0.4) is 0 Å². The zero-order valence-electron chi connectivity index (χ0n) is 11.8. The summed E-state index contributed by atoms with van der Waals surface area (Å²) in [5, 5.41) is 1.38. The van der Waals surface area contributed by atoms with Crippen molar-refractivity contribution in [2.24, 2.45) is 5.73 Å². The molecule has 0 saturated carbocycles. The maximum absolute atomic E-state index is 6.18. The molecule has 0 spiro atoms. The van der Waals surface area contributed by atoms with E-state index in [0.29, 0.717) is 16.6 Å². The normalized spacial score (nSPS) is 11.7. The molecule has 0 amide bonds. The standard InChI is InChI=1S/C17H17Cl2NS/c1-12(8-9-20)13-3-6-16(7-4-13)21-11-14-2-5-15(18)10-17(14)19/h2-8,10H,9,11,20H2,1H3. The van der Waals surface area contributed by atoms with Crippen LogP contribution in [0.2, 0.25) is 10.0 Å². The Hall–Kier alpha value is -0.930. The van der Waals surface area contributed by atoms with Crippen LogP contribution in [0.4, 0.5) is 0 Å². The second-order valence-corrected chi connectivity index (χ2v) is 6.56. The van der Waals surface area contributed by atoms with Crippen LogP contribution in [0.25, 0.3) is 5.57 Å². The molecule has 0 atom stereocenters. The summed E-state index contributed by atoms with van der Waals surface area (Å²) in [5.41, 5.74) is 9.03. The van der Waals surface area contributed by atoms with Gasteiger partial charge in [0.2, 0.25) is 0 Å². The van der Waals surface area contributed by atoms with Gasteiger partial charge in [-0.1, -0.05) is 47.5 Å². The van der Waals surface area contributed by atoms with E-state index in [4.69, 9.17) is 28.9 Å². The van der Waals surface area contributed by atoms with Crippen LogP contribution in [-0.2, 0) is 5.75 Å². The van der Waals surface area contributed by atoms with Crippen molar-refractivity contribution in [2.45, 2.75) is 17.6 Å². The molecule has 2 aromatic rings. The number of hydrogen-bond acceptors (Lipinski definition) is 2. The van der Waals surface area contributed by atoms with Crippen LogP contribution in [0.5, 0.6) is 0 Å². The maximum atomic E-state index is 6.18. The van der Waals surface area contributed by atoms with Crippen molar-refractivity contribution in [3.8, 4) is 0 Å². The first-order valence-corrected chi connectivity index (χ1v) is 8.38. The minimum absolute atomic E-state index is 0.567. The fourth-order valence-electron chi connectivity index (χ4n) is 1.91.